The quantitative estimate of drug-likeness (QED) is 0.00354. The summed E-state index contributed by atoms with van der Waals surface area (Å²) in [5, 5.41) is 61.7. The number of carbonyl (C=O) groups is 3. The molecule has 138 heavy (non-hydrogen) atoms. The highest BCUT2D eigenvalue weighted by molar-refractivity contribution is 7.91. The number of halogens is 16. The van der Waals surface area contributed by atoms with E-state index in [1.165, 1.54) is 117 Å². The van der Waals surface area contributed by atoms with Crippen molar-refractivity contribution in [2.24, 2.45) is 15.3 Å². The predicted octanol–water partition coefficient (Wildman–Crippen LogP) is 10.8. The number of carbonyl (C=O) groups excluding carboxylic acids is 3. The first kappa shape index (κ1) is 119. The van der Waals surface area contributed by atoms with Gasteiger partial charge in [-0.05, 0) is 198 Å². The first-order chi connectivity index (χ1) is 63.8. The molecule has 0 radical (unpaired) electrons. The fourth-order valence-electron chi connectivity index (χ4n) is 12.1. The third-order valence-electron chi connectivity index (χ3n) is 18.5. The first-order valence-corrected chi connectivity index (χ1v) is 46.7. The van der Waals surface area contributed by atoms with Gasteiger partial charge < -0.3 is 73.1 Å². The average molecular weight is 2050 g/mol. The summed E-state index contributed by atoms with van der Waals surface area (Å²) in [4.78, 5) is 36.3. The lowest BCUT2D eigenvalue weighted by atomic mass is 9.88. The van der Waals surface area contributed by atoms with Crippen molar-refractivity contribution in [1.82, 2.24) is 26.3 Å². The number of nitrogens with zero attached hydrogens (tertiary/aromatic N) is 4. The van der Waals surface area contributed by atoms with E-state index < -0.39 is 146 Å². The molecule has 52 heteroatoms. The van der Waals surface area contributed by atoms with Crippen LogP contribution in [-0.2, 0) is 74.5 Å². The van der Waals surface area contributed by atoms with Crippen molar-refractivity contribution in [3.05, 3.63) is 259 Å². The van der Waals surface area contributed by atoms with Gasteiger partial charge in [0.15, 0.2) is 19.7 Å². The molecule has 15 N–H and O–H groups in total. The lowest BCUT2D eigenvalue weighted by Gasteiger charge is -2.25. The summed E-state index contributed by atoms with van der Waals surface area (Å²) in [6.07, 6.45) is -17.1. The molecule has 9 aromatic rings. The fourth-order valence-corrected chi connectivity index (χ4v) is 14.9. The largest absolute Gasteiger partial charge is 1.00 e. The maximum absolute atomic E-state index is 15.1. The molecule has 1 atom stereocenters. The van der Waals surface area contributed by atoms with Crippen LogP contribution in [0.2, 0.25) is 27.3 Å². The Balaban J connectivity index is 0.000000362. The van der Waals surface area contributed by atoms with E-state index in [2.05, 4.69) is 109 Å². The summed E-state index contributed by atoms with van der Waals surface area (Å²) < 4.78 is 258. The van der Waals surface area contributed by atoms with Crippen LogP contribution in [0.15, 0.2) is 255 Å². The Kier molecular flexibility index (Phi) is 47.1. The van der Waals surface area contributed by atoms with Gasteiger partial charge in [0.2, 0.25) is 17.0 Å². The SMILES string of the molecule is C=CC(=O)Nc1ccc(-c2ccccc2S(C)(=O)=O)cc1F.CB(O)NCc1cccc(N/N=C(\Cl)C(F)(F)F)c1.CB(O)NCc1cccc(N/N=C(\OS(=O)(=O)c2ccccc2)C(F)(F)F)c1.CB(O)NCc1cccc(N2N=C(C(F)(F)F)CC2C(=O)Nc2ccc(-c3ccccc3S(C)(=O)=O)cc2F)c1.CB(O)NCc1cccc(NNC(=O)C(F)(F)F)c1.CC[NH+](C(C)C)C(C)C.[Cl-]. The first-order valence-electron chi connectivity index (χ1n) is 41.1. The molecule has 9 aromatic carbocycles. The molecule has 1 unspecified atom stereocenters. The smallest absolute Gasteiger partial charge is 0.472 e. The van der Waals surface area contributed by atoms with Gasteiger partial charge in [-0.1, -0.05) is 133 Å². The van der Waals surface area contributed by atoms with Crippen molar-refractivity contribution >= 4 is 138 Å². The summed E-state index contributed by atoms with van der Waals surface area (Å²) in [6.45, 7) is 23.2. The zero-order valence-electron chi connectivity index (χ0n) is 75.7. The molecule has 1 aliphatic heterocycles. The maximum atomic E-state index is 15.1. The Morgan fingerprint density at radius 3 is 1.31 bits per heavy atom. The number of amides is 3. The van der Waals surface area contributed by atoms with E-state index in [-0.39, 0.29) is 69.2 Å². The molecule has 746 valence electrons. The summed E-state index contributed by atoms with van der Waals surface area (Å²) in [7, 11) is -14.7. The highest BCUT2D eigenvalue weighted by atomic mass is 35.5. The molecule has 3 amide bonds. The minimum absolute atomic E-state index is 0. The molecule has 1 heterocycles. The van der Waals surface area contributed by atoms with Crippen LogP contribution < -0.4 is 75.6 Å². The maximum Gasteiger partial charge on any atom is 0.472 e. The predicted molar refractivity (Wildman–Crippen MR) is 505 cm³/mol. The van der Waals surface area contributed by atoms with Crippen LogP contribution in [0.1, 0.15) is 63.3 Å². The van der Waals surface area contributed by atoms with Gasteiger partial charge >= 0.3 is 74.8 Å². The second kappa shape index (κ2) is 54.7. The van der Waals surface area contributed by atoms with Crippen LogP contribution in [-0.4, -0.2) is 170 Å². The molecule has 1 aliphatic rings. The van der Waals surface area contributed by atoms with Crippen LogP contribution in [0, 0.1) is 11.6 Å². The number of nitrogens with one attached hydrogen (secondary N) is 11. The second-order valence-electron chi connectivity index (χ2n) is 30.4. The summed E-state index contributed by atoms with van der Waals surface area (Å²) in [5.41, 5.74) is 11.8. The van der Waals surface area contributed by atoms with Crippen molar-refractivity contribution in [3.8, 4) is 22.3 Å². The Morgan fingerprint density at radius 2 is 0.935 bits per heavy atom. The number of anilines is 6. The van der Waals surface area contributed by atoms with Crippen molar-refractivity contribution < 1.29 is 143 Å². The second-order valence-corrected chi connectivity index (χ2v) is 36.3. The van der Waals surface area contributed by atoms with E-state index in [0.29, 0.717) is 46.7 Å². The summed E-state index contributed by atoms with van der Waals surface area (Å²) >= 11 is 4.97. The molecule has 0 saturated heterocycles. The van der Waals surface area contributed by atoms with E-state index >= 15 is 4.39 Å². The van der Waals surface area contributed by atoms with Gasteiger partial charge in [0.1, 0.15) is 28.3 Å². The van der Waals surface area contributed by atoms with Gasteiger partial charge in [0.25, 0.3) is 0 Å². The molecular formula is C86H101B4Cl2F14N15O14S3. The Hall–Kier alpha value is -11.5. The number of benzene rings is 9. The summed E-state index contributed by atoms with van der Waals surface area (Å²) in [6, 6.07) is 52.1. The number of rotatable bonds is 32. The highest BCUT2D eigenvalue weighted by Crippen LogP contribution is 2.36. The average Bonchev–Trinajstić information content (AvgIpc) is 1.64. The number of alkyl halides is 12. The molecule has 10 rings (SSSR count). The van der Waals surface area contributed by atoms with Gasteiger partial charge in [-0.3, -0.25) is 41.1 Å². The molecule has 0 fully saturated rings. The molecule has 29 nitrogen and oxygen atoms in total. The topological polar surface area (TPSA) is 409 Å². The lowest BCUT2D eigenvalue weighted by Crippen LogP contribution is -3.17. The minimum atomic E-state index is -5.14. The molecule has 0 aliphatic carbocycles. The van der Waals surface area contributed by atoms with Gasteiger partial charge in [0.05, 0.1) is 62.5 Å². The van der Waals surface area contributed by atoms with Crippen LogP contribution in [0.4, 0.5) is 95.6 Å². The van der Waals surface area contributed by atoms with Crippen molar-refractivity contribution in [2.75, 3.05) is 51.0 Å². The van der Waals surface area contributed by atoms with Crippen molar-refractivity contribution in [1.29, 1.82) is 0 Å². The number of hydrazone groups is 3. The van der Waals surface area contributed by atoms with Crippen molar-refractivity contribution in [2.45, 2.75) is 152 Å². The van der Waals surface area contributed by atoms with Gasteiger partial charge in [0, 0.05) is 56.2 Å². The third kappa shape index (κ3) is 41.3. The Morgan fingerprint density at radius 1 is 0.536 bits per heavy atom. The highest BCUT2D eigenvalue weighted by Gasteiger charge is 2.47. The van der Waals surface area contributed by atoms with Gasteiger partial charge in [-0.15, -0.1) is 5.10 Å². The van der Waals surface area contributed by atoms with Crippen LogP contribution in [0.5, 0.6) is 0 Å². The van der Waals surface area contributed by atoms with Gasteiger partial charge in [-0.25, -0.2) is 25.6 Å². The van der Waals surface area contributed by atoms with E-state index in [1.54, 1.807) is 121 Å². The van der Waals surface area contributed by atoms with Crippen LogP contribution in [0.3, 0.4) is 0 Å². The van der Waals surface area contributed by atoms with E-state index in [9.17, 15) is 107 Å². The molecule has 0 spiro atoms. The Bertz CT molecular complexity index is 5970. The number of hydrogen-bond acceptors (Lipinski definition) is 25. The number of sulfone groups is 2. The monoisotopic (exact) mass is 2040 g/mol. The standard InChI is InChI=1S/C26H25BF4N4O4S.C16H17BF3N3O4S.C16H14FNO3S.C10H12BClF3N3O.C10H13BF3N3O2.C8H19N.ClH/c1-27(37)32-15-16-6-5-7-18(12-16)35-22(14-24(34-35)26(29,30)31)25(36)33-21-11-10-17(13-20(21)28)19-8-3-4-9-23(19)40(2,38)39;1-17(24)21-11-12-6-5-7-13(10-12)22-23-15(16(18,19)20)27-28(25,26)14-8-3-2-4-9-14;1-3-16(19)18-14-9-8-11(10-13(14)17)12-6-4-5-7-15(12)22(2,20)21;1-11(19)16-6-7-3-2-4-8(5-7)17-18-9(12)10(13,14)15;1-11(19)15-6-7-3-2-4-8(5-7)16-17-9(18)10(12,13)14;1-6-9(7(2)3)8(4)5;/h3-13,22,32,37H,14-15H2,1-2H3,(H,33,36);2-10,21-22,24H,11H2,1H3;3-10H,1H2,2H3,(H,18,19);2-5,16-17,19H,6H2,1H3;2-5,15-16,19H,6H2,1H3,(H,17,18);7-8H,6H2,1-5H3;1H/b;23-15-;;18-9-;;;. The number of hydrazine groups is 1. The number of hydrogen-bond donors (Lipinski definition) is 15. The zero-order chi connectivity index (χ0) is 103. The minimum Gasteiger partial charge on any atom is -1.00 e. The lowest BCUT2D eigenvalue weighted by molar-refractivity contribution is -0.940. The summed E-state index contributed by atoms with van der Waals surface area (Å²) in [5.74, 6) is -7.02. The third-order valence-corrected chi connectivity index (χ3v) is 22.3. The number of quaternary nitrogens is 1. The van der Waals surface area contributed by atoms with E-state index in [0.717, 1.165) is 65.0 Å². The molecule has 0 aromatic heterocycles. The van der Waals surface area contributed by atoms with Crippen LogP contribution in [0.25, 0.3) is 22.3 Å². The fraction of sp³-hybridized carbons (Fsp3) is 0.279. The van der Waals surface area contributed by atoms with Crippen molar-refractivity contribution in [3.63, 3.8) is 0 Å². The zero-order valence-corrected chi connectivity index (χ0v) is 79.7. The van der Waals surface area contributed by atoms with Gasteiger partial charge in [-0.2, -0.15) is 71.3 Å². The van der Waals surface area contributed by atoms with E-state index in [4.69, 9.17) is 21.6 Å². The van der Waals surface area contributed by atoms with Crippen LogP contribution >= 0.6 is 11.6 Å². The normalized spacial score (nSPS) is 12.8. The Labute approximate surface area is 802 Å². The molecule has 0 bridgehead atoms. The molecule has 0 saturated carbocycles. The van der Waals surface area contributed by atoms with E-state index in [1.807, 2.05) is 0 Å². The molecular weight excluding hydrogens is 1940 g/mol.